The van der Waals surface area contributed by atoms with Crippen LogP contribution in [-0.4, -0.2) is 68.5 Å². The molecule has 0 spiro atoms. The molecule has 7 heteroatoms. The predicted molar refractivity (Wildman–Crippen MR) is 95.6 cm³/mol. The van der Waals surface area contributed by atoms with Crippen molar-refractivity contribution in [3.05, 3.63) is 29.8 Å². The molecular formula is C17H26ClN3O3. The zero-order chi connectivity index (χ0) is 16.7. The van der Waals surface area contributed by atoms with Gasteiger partial charge in [-0.2, -0.15) is 0 Å². The van der Waals surface area contributed by atoms with Gasteiger partial charge in [0.15, 0.2) is 0 Å². The van der Waals surface area contributed by atoms with Crippen LogP contribution in [0.3, 0.4) is 0 Å². The fourth-order valence-electron chi connectivity index (χ4n) is 2.67. The number of ether oxygens (including phenoxy) is 1. The van der Waals surface area contributed by atoms with Gasteiger partial charge >= 0.3 is 0 Å². The van der Waals surface area contributed by atoms with Gasteiger partial charge in [0.2, 0.25) is 11.8 Å². The van der Waals surface area contributed by atoms with E-state index in [2.05, 4.69) is 5.32 Å². The van der Waals surface area contributed by atoms with Crippen LogP contribution in [0.15, 0.2) is 24.3 Å². The number of nitrogens with zero attached hydrogens (tertiary/aromatic N) is 2. The normalized spacial score (nSPS) is 14.1. The van der Waals surface area contributed by atoms with Crippen LogP contribution in [0, 0.1) is 0 Å². The van der Waals surface area contributed by atoms with E-state index in [1.807, 2.05) is 34.1 Å². The molecule has 0 aromatic heterocycles. The number of hydrogen-bond acceptors (Lipinski definition) is 4. The van der Waals surface area contributed by atoms with Gasteiger partial charge in [-0.15, -0.1) is 12.4 Å². The molecule has 0 radical (unpaired) electrons. The van der Waals surface area contributed by atoms with Crippen molar-refractivity contribution in [2.45, 2.75) is 12.8 Å². The lowest BCUT2D eigenvalue weighted by Crippen LogP contribution is -2.52. The molecule has 0 aliphatic carbocycles. The maximum Gasteiger partial charge on any atom is 0.236 e. The van der Waals surface area contributed by atoms with Crippen LogP contribution in [0.5, 0.6) is 5.75 Å². The van der Waals surface area contributed by atoms with Crippen LogP contribution < -0.4 is 10.1 Å². The lowest BCUT2D eigenvalue weighted by molar-refractivity contribution is -0.139. The van der Waals surface area contributed by atoms with E-state index in [1.54, 1.807) is 14.2 Å². The first-order chi connectivity index (χ1) is 11.1. The van der Waals surface area contributed by atoms with Crippen molar-refractivity contribution in [2.24, 2.45) is 0 Å². The van der Waals surface area contributed by atoms with Gasteiger partial charge in [0.25, 0.3) is 0 Å². The standard InChI is InChI=1S/C17H25N3O3.ClH/c1-18-13-17(22)20-11-9-19(10-12-20)16(21)8-5-14-3-6-15(23-2)7-4-14;/h3-4,6-7,18H,5,8-13H2,1-2H3;1H. The molecule has 2 amide bonds. The third-order valence-electron chi connectivity index (χ3n) is 4.10. The number of nitrogens with one attached hydrogen (secondary N) is 1. The highest BCUT2D eigenvalue weighted by Gasteiger charge is 2.23. The van der Waals surface area contributed by atoms with Crippen LogP contribution in [0.2, 0.25) is 0 Å². The maximum absolute atomic E-state index is 12.3. The summed E-state index contributed by atoms with van der Waals surface area (Å²) in [6.07, 6.45) is 1.22. The fraction of sp³-hybridized carbons (Fsp3) is 0.529. The maximum atomic E-state index is 12.3. The summed E-state index contributed by atoms with van der Waals surface area (Å²) in [5.74, 6) is 1.07. The Hall–Kier alpha value is -1.79. The van der Waals surface area contributed by atoms with Gasteiger partial charge in [-0.3, -0.25) is 9.59 Å². The number of likely N-dealkylation sites (N-methyl/N-ethyl adjacent to an activating group) is 1. The summed E-state index contributed by atoms with van der Waals surface area (Å²) >= 11 is 0. The Morgan fingerprint density at radius 1 is 1.04 bits per heavy atom. The zero-order valence-electron chi connectivity index (χ0n) is 14.3. The van der Waals surface area contributed by atoms with Gasteiger partial charge in [-0.05, 0) is 31.2 Å². The molecule has 0 unspecified atom stereocenters. The first kappa shape index (κ1) is 20.3. The number of amides is 2. The van der Waals surface area contributed by atoms with E-state index < -0.39 is 0 Å². The Morgan fingerprint density at radius 3 is 2.08 bits per heavy atom. The number of aryl methyl sites for hydroxylation is 1. The summed E-state index contributed by atoms with van der Waals surface area (Å²) in [5.41, 5.74) is 1.13. The van der Waals surface area contributed by atoms with Crippen LogP contribution in [0.4, 0.5) is 0 Å². The zero-order valence-corrected chi connectivity index (χ0v) is 15.1. The van der Waals surface area contributed by atoms with Crippen molar-refractivity contribution in [3.63, 3.8) is 0 Å². The van der Waals surface area contributed by atoms with E-state index >= 15 is 0 Å². The smallest absolute Gasteiger partial charge is 0.236 e. The van der Waals surface area contributed by atoms with E-state index in [-0.39, 0.29) is 24.2 Å². The van der Waals surface area contributed by atoms with Crippen LogP contribution in [-0.2, 0) is 16.0 Å². The molecule has 0 atom stereocenters. The third kappa shape index (κ3) is 5.69. The molecule has 1 aliphatic heterocycles. The minimum atomic E-state index is 0. The van der Waals surface area contributed by atoms with Crippen LogP contribution in [0.1, 0.15) is 12.0 Å². The Kier molecular flexibility index (Phi) is 8.57. The average Bonchev–Trinajstić information content (AvgIpc) is 2.60. The summed E-state index contributed by atoms with van der Waals surface area (Å²) in [4.78, 5) is 27.7. The Morgan fingerprint density at radius 2 is 1.58 bits per heavy atom. The summed E-state index contributed by atoms with van der Waals surface area (Å²) in [7, 11) is 3.40. The van der Waals surface area contributed by atoms with Crippen molar-refractivity contribution in [1.29, 1.82) is 0 Å². The van der Waals surface area contributed by atoms with Crippen molar-refractivity contribution in [3.8, 4) is 5.75 Å². The number of piperazine rings is 1. The lowest BCUT2D eigenvalue weighted by Gasteiger charge is -2.34. The number of rotatable bonds is 6. The quantitative estimate of drug-likeness (QED) is 0.825. The molecule has 6 nitrogen and oxygen atoms in total. The lowest BCUT2D eigenvalue weighted by atomic mass is 10.1. The molecule has 0 saturated carbocycles. The fourth-order valence-corrected chi connectivity index (χ4v) is 2.67. The second-order valence-electron chi connectivity index (χ2n) is 5.64. The molecule has 1 aromatic carbocycles. The molecule has 0 bridgehead atoms. The number of carbonyl (C=O) groups is 2. The third-order valence-corrected chi connectivity index (χ3v) is 4.10. The summed E-state index contributed by atoms with van der Waals surface area (Å²) in [6.45, 7) is 2.84. The molecule has 2 rings (SSSR count). The van der Waals surface area contributed by atoms with Gasteiger partial charge in [0.1, 0.15) is 5.75 Å². The average molecular weight is 356 g/mol. The first-order valence-corrected chi connectivity index (χ1v) is 7.97. The molecular weight excluding hydrogens is 330 g/mol. The van der Waals surface area contributed by atoms with Crippen molar-refractivity contribution in [1.82, 2.24) is 15.1 Å². The molecule has 134 valence electrons. The van der Waals surface area contributed by atoms with E-state index in [0.717, 1.165) is 17.7 Å². The van der Waals surface area contributed by atoms with Gasteiger partial charge in [0, 0.05) is 32.6 Å². The monoisotopic (exact) mass is 355 g/mol. The molecule has 1 fully saturated rings. The summed E-state index contributed by atoms with van der Waals surface area (Å²) in [5, 5.41) is 2.86. The Balaban J connectivity index is 0.00000288. The largest absolute Gasteiger partial charge is 0.497 e. The predicted octanol–water partition coefficient (Wildman–Crippen LogP) is 0.940. The van der Waals surface area contributed by atoms with Gasteiger partial charge in [0.05, 0.1) is 13.7 Å². The highest BCUT2D eigenvalue weighted by molar-refractivity contribution is 5.85. The van der Waals surface area contributed by atoms with Crippen LogP contribution >= 0.6 is 12.4 Å². The van der Waals surface area contributed by atoms with E-state index in [1.165, 1.54) is 0 Å². The van der Waals surface area contributed by atoms with Gasteiger partial charge in [-0.25, -0.2) is 0 Å². The molecule has 1 heterocycles. The van der Waals surface area contributed by atoms with Crippen LogP contribution in [0.25, 0.3) is 0 Å². The Labute approximate surface area is 149 Å². The highest BCUT2D eigenvalue weighted by atomic mass is 35.5. The topological polar surface area (TPSA) is 61.9 Å². The number of methoxy groups -OCH3 is 1. The minimum absolute atomic E-state index is 0. The molecule has 1 saturated heterocycles. The van der Waals surface area contributed by atoms with E-state index in [9.17, 15) is 9.59 Å². The van der Waals surface area contributed by atoms with Gasteiger partial charge < -0.3 is 19.9 Å². The molecule has 1 aliphatic rings. The summed E-state index contributed by atoms with van der Waals surface area (Å²) < 4.78 is 5.12. The van der Waals surface area contributed by atoms with Gasteiger partial charge in [-0.1, -0.05) is 12.1 Å². The second-order valence-corrected chi connectivity index (χ2v) is 5.64. The van der Waals surface area contributed by atoms with Crippen molar-refractivity contribution in [2.75, 3.05) is 46.9 Å². The second kappa shape index (κ2) is 10.2. The van der Waals surface area contributed by atoms with Crippen molar-refractivity contribution >= 4 is 24.2 Å². The number of carbonyl (C=O) groups excluding carboxylic acids is 2. The van der Waals surface area contributed by atoms with E-state index in [0.29, 0.717) is 39.1 Å². The molecule has 24 heavy (non-hydrogen) atoms. The summed E-state index contributed by atoms with van der Waals surface area (Å²) in [6, 6.07) is 7.79. The van der Waals surface area contributed by atoms with E-state index in [4.69, 9.17) is 4.74 Å². The van der Waals surface area contributed by atoms with Crippen molar-refractivity contribution < 1.29 is 14.3 Å². The SMILES string of the molecule is CNCC(=O)N1CCN(C(=O)CCc2ccc(OC)cc2)CC1.Cl. The number of halogens is 1. The molecule has 1 N–H and O–H groups in total. The first-order valence-electron chi connectivity index (χ1n) is 7.97. The molecule has 1 aromatic rings. The minimum Gasteiger partial charge on any atom is -0.497 e. The number of benzene rings is 1. The Bertz CT molecular complexity index is 528. The highest BCUT2D eigenvalue weighted by Crippen LogP contribution is 2.13. The number of hydrogen-bond donors (Lipinski definition) is 1.